The summed E-state index contributed by atoms with van der Waals surface area (Å²) in [5, 5.41) is 0. The highest BCUT2D eigenvalue weighted by Gasteiger charge is 2.44. The molecule has 2 aliphatic carbocycles. The number of primary amides is 1. The highest BCUT2D eigenvalue weighted by molar-refractivity contribution is 9.10. The molecule has 2 aromatic carbocycles. The second-order valence-electron chi connectivity index (χ2n) is 7.33. The van der Waals surface area contributed by atoms with Crippen molar-refractivity contribution in [3.8, 4) is 0 Å². The third kappa shape index (κ3) is 4.76. The van der Waals surface area contributed by atoms with E-state index in [0.29, 0.717) is 0 Å². The van der Waals surface area contributed by atoms with Gasteiger partial charge in [-0.2, -0.15) is 0 Å². The normalized spacial score (nSPS) is 18.6. The van der Waals surface area contributed by atoms with Gasteiger partial charge in [0.15, 0.2) is 0 Å². The van der Waals surface area contributed by atoms with E-state index in [0.717, 1.165) is 46.6 Å². The summed E-state index contributed by atoms with van der Waals surface area (Å²) in [4.78, 5) is 11.4. The van der Waals surface area contributed by atoms with E-state index in [4.69, 9.17) is 11.5 Å². The first-order chi connectivity index (χ1) is 12.4. The quantitative estimate of drug-likeness (QED) is 0.560. The van der Waals surface area contributed by atoms with E-state index in [1.54, 1.807) is 0 Å². The van der Waals surface area contributed by atoms with Gasteiger partial charge in [-0.1, -0.05) is 62.5 Å². The molecule has 2 aromatic rings. The summed E-state index contributed by atoms with van der Waals surface area (Å²) in [6, 6.07) is 16.2. The van der Waals surface area contributed by atoms with Crippen LogP contribution in [0.5, 0.6) is 0 Å². The number of halogens is 3. The number of rotatable bonds is 3. The molecule has 4 N–H and O–H groups in total. The lowest BCUT2D eigenvalue weighted by Gasteiger charge is -2.39. The third-order valence-electron chi connectivity index (χ3n) is 5.70. The number of benzene rings is 2. The standard InChI is InChI=1S/C11H12BrNO.C10H12BrN.ClH/c12-9-4-1-3-8(7-9)11(10(13)14)5-2-6-11;11-9-4-1-3-8(7-9)10(12)5-2-6-10;/h1,3-4,7H,2,5-6H2,(H2,13,14);1,3-4,7H,2,5-6,12H2;1H. The van der Waals surface area contributed by atoms with Gasteiger partial charge in [-0.25, -0.2) is 0 Å². The average Bonchev–Trinajstić information content (AvgIpc) is 2.52. The van der Waals surface area contributed by atoms with Gasteiger partial charge in [-0.3, -0.25) is 4.79 Å². The Labute approximate surface area is 183 Å². The fourth-order valence-corrected chi connectivity index (χ4v) is 4.44. The lowest BCUT2D eigenvalue weighted by molar-refractivity contribution is -0.126. The highest BCUT2D eigenvalue weighted by Crippen LogP contribution is 2.44. The first-order valence-electron chi connectivity index (χ1n) is 8.97. The van der Waals surface area contributed by atoms with Crippen molar-refractivity contribution in [1.82, 2.24) is 0 Å². The van der Waals surface area contributed by atoms with Crippen LogP contribution in [0, 0.1) is 0 Å². The molecule has 0 atom stereocenters. The van der Waals surface area contributed by atoms with Crippen molar-refractivity contribution < 1.29 is 4.79 Å². The molecule has 0 bridgehead atoms. The van der Waals surface area contributed by atoms with Gasteiger partial charge in [-0.05, 0) is 67.5 Å². The Morgan fingerprint density at radius 3 is 1.70 bits per heavy atom. The summed E-state index contributed by atoms with van der Waals surface area (Å²) in [6.07, 6.45) is 6.39. The van der Waals surface area contributed by atoms with Gasteiger partial charge in [0.2, 0.25) is 5.91 Å². The second kappa shape index (κ2) is 9.08. The van der Waals surface area contributed by atoms with Crippen LogP contribution in [0.2, 0.25) is 0 Å². The maximum atomic E-state index is 11.4. The number of amides is 1. The lowest BCUT2D eigenvalue weighted by atomic mass is 9.64. The topological polar surface area (TPSA) is 69.1 Å². The molecule has 6 heteroatoms. The molecule has 1 amide bonds. The Balaban J connectivity index is 0.000000189. The van der Waals surface area contributed by atoms with E-state index in [2.05, 4.69) is 44.0 Å². The fourth-order valence-electron chi connectivity index (χ4n) is 3.64. The van der Waals surface area contributed by atoms with Crippen molar-refractivity contribution in [3.63, 3.8) is 0 Å². The molecule has 2 saturated carbocycles. The van der Waals surface area contributed by atoms with Crippen molar-refractivity contribution in [2.45, 2.75) is 49.5 Å². The lowest BCUT2D eigenvalue weighted by Crippen LogP contribution is -2.46. The van der Waals surface area contributed by atoms with Gasteiger partial charge in [0.1, 0.15) is 0 Å². The minimum Gasteiger partial charge on any atom is -0.369 e. The molecule has 0 unspecified atom stereocenters. The van der Waals surface area contributed by atoms with Crippen LogP contribution in [-0.4, -0.2) is 5.91 Å². The van der Waals surface area contributed by atoms with Gasteiger partial charge in [-0.15, -0.1) is 12.4 Å². The Hall–Kier alpha value is -0.880. The van der Waals surface area contributed by atoms with Crippen molar-refractivity contribution in [3.05, 3.63) is 68.6 Å². The Bertz CT molecular complexity index is 804. The van der Waals surface area contributed by atoms with Crippen LogP contribution in [-0.2, 0) is 15.7 Å². The van der Waals surface area contributed by atoms with E-state index in [9.17, 15) is 4.79 Å². The summed E-state index contributed by atoms with van der Waals surface area (Å²) in [7, 11) is 0. The van der Waals surface area contributed by atoms with Gasteiger partial charge in [0.25, 0.3) is 0 Å². The van der Waals surface area contributed by atoms with Crippen LogP contribution in [0.25, 0.3) is 0 Å². The maximum Gasteiger partial charge on any atom is 0.228 e. The van der Waals surface area contributed by atoms with Crippen molar-refractivity contribution in [2.75, 3.05) is 0 Å². The number of carbonyl (C=O) groups excluding carboxylic acids is 1. The summed E-state index contributed by atoms with van der Waals surface area (Å²) < 4.78 is 2.12. The molecule has 0 spiro atoms. The van der Waals surface area contributed by atoms with Crippen LogP contribution < -0.4 is 11.5 Å². The van der Waals surface area contributed by atoms with E-state index < -0.39 is 0 Å². The Morgan fingerprint density at radius 1 is 0.852 bits per heavy atom. The summed E-state index contributed by atoms with van der Waals surface area (Å²) in [6.45, 7) is 0. The van der Waals surface area contributed by atoms with E-state index >= 15 is 0 Å². The predicted octanol–water partition coefficient (Wildman–Crippen LogP) is 5.56. The predicted molar refractivity (Wildman–Crippen MR) is 120 cm³/mol. The molecule has 2 fully saturated rings. The molecule has 0 aliphatic heterocycles. The zero-order chi connectivity index (χ0) is 18.8. The van der Waals surface area contributed by atoms with Crippen LogP contribution in [0.4, 0.5) is 0 Å². The minimum atomic E-state index is -0.385. The molecule has 0 saturated heterocycles. The van der Waals surface area contributed by atoms with Gasteiger partial charge in [0.05, 0.1) is 5.41 Å². The van der Waals surface area contributed by atoms with Crippen molar-refractivity contribution >= 4 is 50.2 Å². The first kappa shape index (κ1) is 22.4. The molecular formula is C21H25Br2ClN2O. The van der Waals surface area contributed by atoms with E-state index in [-0.39, 0.29) is 29.3 Å². The summed E-state index contributed by atoms with van der Waals surface area (Å²) in [5.74, 6) is -0.193. The molecular weight excluding hydrogens is 492 g/mol. The van der Waals surface area contributed by atoms with Crippen molar-refractivity contribution in [2.24, 2.45) is 11.5 Å². The van der Waals surface area contributed by atoms with Crippen LogP contribution in [0.1, 0.15) is 49.7 Å². The number of hydrogen-bond donors (Lipinski definition) is 2. The zero-order valence-corrected chi connectivity index (χ0v) is 19.1. The molecule has 0 aromatic heterocycles. The third-order valence-corrected chi connectivity index (χ3v) is 6.69. The molecule has 27 heavy (non-hydrogen) atoms. The van der Waals surface area contributed by atoms with E-state index in [1.165, 1.54) is 12.0 Å². The molecule has 0 radical (unpaired) electrons. The first-order valence-corrected chi connectivity index (χ1v) is 10.6. The number of hydrogen-bond acceptors (Lipinski definition) is 2. The number of carbonyl (C=O) groups is 1. The summed E-state index contributed by atoms with van der Waals surface area (Å²) >= 11 is 6.86. The minimum absolute atomic E-state index is 0. The van der Waals surface area contributed by atoms with Gasteiger partial charge < -0.3 is 11.5 Å². The second-order valence-corrected chi connectivity index (χ2v) is 9.16. The summed E-state index contributed by atoms with van der Waals surface area (Å²) in [5.41, 5.74) is 13.5. The fraction of sp³-hybridized carbons (Fsp3) is 0.381. The Kier molecular flexibility index (Phi) is 7.54. The zero-order valence-electron chi connectivity index (χ0n) is 15.1. The SMILES string of the molecule is Cl.NC(=O)C1(c2cccc(Br)c2)CCC1.NC1(c2cccc(Br)c2)CCC1. The number of nitrogens with two attached hydrogens (primary N) is 2. The Morgan fingerprint density at radius 2 is 1.33 bits per heavy atom. The molecule has 0 heterocycles. The van der Waals surface area contributed by atoms with Crippen LogP contribution in [0.3, 0.4) is 0 Å². The van der Waals surface area contributed by atoms with Crippen molar-refractivity contribution in [1.29, 1.82) is 0 Å². The molecule has 3 nitrogen and oxygen atoms in total. The maximum absolute atomic E-state index is 11.4. The van der Waals surface area contributed by atoms with Gasteiger partial charge >= 0.3 is 0 Å². The monoisotopic (exact) mass is 514 g/mol. The van der Waals surface area contributed by atoms with E-state index in [1.807, 2.05) is 36.4 Å². The smallest absolute Gasteiger partial charge is 0.228 e. The van der Waals surface area contributed by atoms with Crippen LogP contribution >= 0.6 is 44.3 Å². The largest absolute Gasteiger partial charge is 0.369 e. The van der Waals surface area contributed by atoms with Gasteiger partial charge in [0, 0.05) is 14.5 Å². The average molecular weight is 517 g/mol. The highest BCUT2D eigenvalue weighted by atomic mass is 79.9. The molecule has 2 aliphatic rings. The molecule has 4 rings (SSSR count). The van der Waals surface area contributed by atoms with Crippen LogP contribution in [0.15, 0.2) is 57.5 Å². The molecule has 146 valence electrons.